The third kappa shape index (κ3) is 1.53. The van der Waals surface area contributed by atoms with Crippen LogP contribution in [0.2, 0.25) is 0 Å². The highest BCUT2D eigenvalue weighted by Gasteiger charge is 2.02. The van der Waals surface area contributed by atoms with E-state index in [1.54, 1.807) is 12.4 Å². The van der Waals surface area contributed by atoms with Crippen molar-refractivity contribution >= 4 is 0 Å². The van der Waals surface area contributed by atoms with Crippen molar-refractivity contribution in [3.05, 3.63) is 24.3 Å². The van der Waals surface area contributed by atoms with E-state index in [9.17, 15) is 0 Å². The lowest BCUT2D eigenvalue weighted by molar-refractivity contribution is 0.678. The van der Waals surface area contributed by atoms with Gasteiger partial charge in [0.2, 0.25) is 0 Å². The Morgan fingerprint density at radius 3 is 2.50 bits per heavy atom. The Hall–Kier alpha value is -0.920. The second-order valence-corrected chi connectivity index (χ2v) is 2.42. The number of hydrogen-bond acceptors (Lipinski definition) is 2. The van der Waals surface area contributed by atoms with Crippen molar-refractivity contribution in [1.29, 1.82) is 0 Å². The Balaban J connectivity index is 2.75. The minimum atomic E-state index is 0.487. The lowest BCUT2D eigenvalue weighted by Crippen LogP contribution is -1.97. The van der Waals surface area contributed by atoms with Crippen molar-refractivity contribution in [3.63, 3.8) is 0 Å². The van der Waals surface area contributed by atoms with Crippen molar-refractivity contribution in [1.82, 2.24) is 9.97 Å². The average molecular weight is 136 g/mol. The van der Waals surface area contributed by atoms with Crippen LogP contribution in [0.3, 0.4) is 0 Å². The summed E-state index contributed by atoms with van der Waals surface area (Å²) in [4.78, 5) is 8.28. The molecule has 1 heterocycles. The molecule has 0 amide bonds. The van der Waals surface area contributed by atoms with E-state index in [-0.39, 0.29) is 0 Å². The summed E-state index contributed by atoms with van der Waals surface area (Å²) in [5.74, 6) is 1.44. The topological polar surface area (TPSA) is 25.8 Å². The van der Waals surface area contributed by atoms with Gasteiger partial charge in [0.15, 0.2) is 0 Å². The van der Waals surface area contributed by atoms with Gasteiger partial charge >= 0.3 is 0 Å². The molecule has 10 heavy (non-hydrogen) atoms. The van der Waals surface area contributed by atoms with Crippen LogP contribution in [0.25, 0.3) is 0 Å². The molecular weight excluding hydrogens is 124 g/mol. The maximum atomic E-state index is 4.14. The molecule has 1 unspecified atom stereocenters. The zero-order chi connectivity index (χ0) is 7.40. The molecule has 0 aliphatic rings. The Morgan fingerprint density at radius 2 is 2.00 bits per heavy atom. The third-order valence-corrected chi connectivity index (χ3v) is 1.64. The van der Waals surface area contributed by atoms with Gasteiger partial charge in [-0.1, -0.05) is 13.8 Å². The molecule has 1 atom stereocenters. The molecule has 0 N–H and O–H groups in total. The molecule has 1 aromatic rings. The first-order valence-corrected chi connectivity index (χ1v) is 3.61. The Bertz CT molecular complexity index is 184. The number of nitrogens with zero attached hydrogens (tertiary/aromatic N) is 2. The highest BCUT2D eigenvalue weighted by molar-refractivity contribution is 4.94. The van der Waals surface area contributed by atoms with E-state index in [0.29, 0.717) is 5.92 Å². The Morgan fingerprint density at radius 1 is 1.40 bits per heavy atom. The van der Waals surface area contributed by atoms with Crippen LogP contribution in [-0.4, -0.2) is 9.97 Å². The molecule has 1 rings (SSSR count). The minimum absolute atomic E-state index is 0.487. The summed E-state index contributed by atoms with van der Waals surface area (Å²) in [6.45, 7) is 4.27. The van der Waals surface area contributed by atoms with Gasteiger partial charge in [-0.3, -0.25) is 0 Å². The van der Waals surface area contributed by atoms with E-state index >= 15 is 0 Å². The monoisotopic (exact) mass is 136 g/mol. The summed E-state index contributed by atoms with van der Waals surface area (Å²) >= 11 is 0. The molecule has 1 aromatic heterocycles. The molecule has 54 valence electrons. The van der Waals surface area contributed by atoms with Gasteiger partial charge in [0, 0.05) is 18.3 Å². The molecule has 0 bridgehead atoms. The molecule has 0 saturated carbocycles. The van der Waals surface area contributed by atoms with E-state index in [4.69, 9.17) is 0 Å². The van der Waals surface area contributed by atoms with Gasteiger partial charge in [0.1, 0.15) is 5.82 Å². The fourth-order valence-corrected chi connectivity index (χ4v) is 0.748. The number of rotatable bonds is 2. The van der Waals surface area contributed by atoms with Crippen molar-refractivity contribution in [2.24, 2.45) is 0 Å². The van der Waals surface area contributed by atoms with Crippen LogP contribution in [-0.2, 0) is 0 Å². The molecule has 0 saturated heterocycles. The normalized spacial score (nSPS) is 13.0. The van der Waals surface area contributed by atoms with Gasteiger partial charge < -0.3 is 0 Å². The van der Waals surface area contributed by atoms with Crippen molar-refractivity contribution in [2.45, 2.75) is 26.2 Å². The SMILES string of the molecule is CCC(C)c1ncccn1. The fourth-order valence-electron chi connectivity index (χ4n) is 0.748. The van der Waals surface area contributed by atoms with Gasteiger partial charge in [0.05, 0.1) is 0 Å². The van der Waals surface area contributed by atoms with Gasteiger partial charge in [-0.2, -0.15) is 0 Å². The molecule has 0 radical (unpaired) electrons. The van der Waals surface area contributed by atoms with Crippen LogP contribution >= 0.6 is 0 Å². The maximum Gasteiger partial charge on any atom is 0.130 e. The second-order valence-electron chi connectivity index (χ2n) is 2.42. The van der Waals surface area contributed by atoms with Gasteiger partial charge in [-0.05, 0) is 12.5 Å². The summed E-state index contributed by atoms with van der Waals surface area (Å²) < 4.78 is 0. The molecule has 0 aromatic carbocycles. The summed E-state index contributed by atoms with van der Waals surface area (Å²) in [5, 5.41) is 0. The van der Waals surface area contributed by atoms with E-state index < -0.39 is 0 Å². The third-order valence-electron chi connectivity index (χ3n) is 1.64. The first-order valence-electron chi connectivity index (χ1n) is 3.61. The summed E-state index contributed by atoms with van der Waals surface area (Å²) in [7, 11) is 0. The van der Waals surface area contributed by atoms with E-state index in [0.717, 1.165) is 12.2 Å². The van der Waals surface area contributed by atoms with E-state index in [2.05, 4.69) is 23.8 Å². The van der Waals surface area contributed by atoms with Crippen LogP contribution in [0.4, 0.5) is 0 Å². The predicted molar refractivity (Wildman–Crippen MR) is 40.7 cm³/mol. The molecule has 2 heteroatoms. The highest BCUT2D eigenvalue weighted by atomic mass is 14.9. The first kappa shape index (κ1) is 7.19. The van der Waals surface area contributed by atoms with Gasteiger partial charge in [-0.25, -0.2) is 9.97 Å². The van der Waals surface area contributed by atoms with Crippen LogP contribution in [0.1, 0.15) is 32.0 Å². The minimum Gasteiger partial charge on any atom is -0.241 e. The predicted octanol–water partition coefficient (Wildman–Crippen LogP) is 1.99. The van der Waals surface area contributed by atoms with Crippen LogP contribution in [0.15, 0.2) is 18.5 Å². The van der Waals surface area contributed by atoms with Crippen molar-refractivity contribution in [3.8, 4) is 0 Å². The molecule has 0 aliphatic carbocycles. The molecular formula is C8H12N2. The van der Waals surface area contributed by atoms with E-state index in [1.165, 1.54) is 0 Å². The van der Waals surface area contributed by atoms with Crippen LogP contribution < -0.4 is 0 Å². The lowest BCUT2D eigenvalue weighted by atomic mass is 10.1. The lowest BCUT2D eigenvalue weighted by Gasteiger charge is -2.03. The Kier molecular flexibility index (Phi) is 2.37. The number of aromatic nitrogens is 2. The van der Waals surface area contributed by atoms with Crippen LogP contribution in [0.5, 0.6) is 0 Å². The second kappa shape index (κ2) is 3.30. The van der Waals surface area contributed by atoms with Crippen molar-refractivity contribution < 1.29 is 0 Å². The van der Waals surface area contributed by atoms with Crippen LogP contribution in [0, 0.1) is 0 Å². The van der Waals surface area contributed by atoms with Gasteiger partial charge in [-0.15, -0.1) is 0 Å². The number of hydrogen-bond donors (Lipinski definition) is 0. The van der Waals surface area contributed by atoms with Gasteiger partial charge in [0.25, 0.3) is 0 Å². The van der Waals surface area contributed by atoms with Crippen molar-refractivity contribution in [2.75, 3.05) is 0 Å². The molecule has 0 aliphatic heterocycles. The standard InChI is InChI=1S/C8H12N2/c1-3-7(2)8-9-5-4-6-10-8/h4-7H,3H2,1-2H3. The molecule has 0 spiro atoms. The first-order chi connectivity index (χ1) is 4.84. The summed E-state index contributed by atoms with van der Waals surface area (Å²) in [6, 6.07) is 1.84. The van der Waals surface area contributed by atoms with E-state index in [1.807, 2.05) is 6.07 Å². The quantitative estimate of drug-likeness (QED) is 0.621. The fraction of sp³-hybridized carbons (Fsp3) is 0.500. The highest BCUT2D eigenvalue weighted by Crippen LogP contribution is 2.11. The maximum absolute atomic E-state index is 4.14. The summed E-state index contributed by atoms with van der Waals surface area (Å²) in [6.07, 6.45) is 4.67. The molecule has 2 nitrogen and oxygen atoms in total. The Labute approximate surface area is 61.3 Å². The zero-order valence-corrected chi connectivity index (χ0v) is 6.41. The smallest absolute Gasteiger partial charge is 0.130 e. The average Bonchev–Trinajstić information content (AvgIpc) is 2.05. The summed E-state index contributed by atoms with van der Waals surface area (Å²) in [5.41, 5.74) is 0. The zero-order valence-electron chi connectivity index (χ0n) is 6.41. The molecule has 0 fully saturated rings. The largest absolute Gasteiger partial charge is 0.241 e.